The van der Waals surface area contributed by atoms with Gasteiger partial charge < -0.3 is 10.2 Å². The van der Waals surface area contributed by atoms with Crippen molar-refractivity contribution in [3.05, 3.63) is 21.4 Å². The molecule has 4 nitrogen and oxygen atoms in total. The Morgan fingerprint density at radius 3 is 2.84 bits per heavy atom. The average Bonchev–Trinajstić information content (AvgIpc) is 2.93. The molecule has 1 aromatic heterocycles. The van der Waals surface area contributed by atoms with Crippen molar-refractivity contribution >= 4 is 23.2 Å². The molecule has 0 unspecified atom stereocenters. The fourth-order valence-corrected chi connectivity index (χ4v) is 3.11. The van der Waals surface area contributed by atoms with Crippen molar-refractivity contribution < 1.29 is 9.59 Å². The standard InChI is InChI=1S/C14H20N2O2S/c1-10-11(2)19-9-12(10)14(18)15-6-4-8-16-7-3-5-13(16)17/h9H,3-8H2,1-2H3,(H,15,18). The summed E-state index contributed by atoms with van der Waals surface area (Å²) in [5, 5.41) is 4.83. The van der Waals surface area contributed by atoms with E-state index in [4.69, 9.17) is 0 Å². The molecule has 1 aliphatic heterocycles. The first-order valence-corrected chi connectivity index (χ1v) is 7.58. The molecule has 0 atom stereocenters. The minimum Gasteiger partial charge on any atom is -0.352 e. The second-order valence-electron chi connectivity index (χ2n) is 4.92. The Labute approximate surface area is 117 Å². The van der Waals surface area contributed by atoms with Gasteiger partial charge in [-0.05, 0) is 32.3 Å². The van der Waals surface area contributed by atoms with E-state index in [1.54, 1.807) is 11.3 Å². The van der Waals surface area contributed by atoms with E-state index in [9.17, 15) is 9.59 Å². The van der Waals surface area contributed by atoms with Crippen molar-refractivity contribution in [1.29, 1.82) is 0 Å². The van der Waals surface area contributed by atoms with Crippen molar-refractivity contribution in [2.45, 2.75) is 33.1 Å². The summed E-state index contributed by atoms with van der Waals surface area (Å²) in [5.74, 6) is 0.241. The second kappa shape index (κ2) is 6.19. The van der Waals surface area contributed by atoms with Crippen molar-refractivity contribution in [3.63, 3.8) is 0 Å². The average molecular weight is 280 g/mol. The monoisotopic (exact) mass is 280 g/mol. The highest BCUT2D eigenvalue weighted by Gasteiger charge is 2.19. The number of amides is 2. The lowest BCUT2D eigenvalue weighted by Crippen LogP contribution is -2.30. The number of nitrogens with zero attached hydrogens (tertiary/aromatic N) is 1. The van der Waals surface area contributed by atoms with Gasteiger partial charge in [0.2, 0.25) is 5.91 Å². The molecular weight excluding hydrogens is 260 g/mol. The van der Waals surface area contributed by atoms with Crippen LogP contribution < -0.4 is 5.32 Å². The zero-order valence-corrected chi connectivity index (χ0v) is 12.3. The molecule has 1 saturated heterocycles. The van der Waals surface area contributed by atoms with E-state index in [2.05, 4.69) is 5.32 Å². The summed E-state index contributed by atoms with van der Waals surface area (Å²) in [5.41, 5.74) is 1.84. The first-order valence-electron chi connectivity index (χ1n) is 6.70. The summed E-state index contributed by atoms with van der Waals surface area (Å²) in [7, 11) is 0. The Morgan fingerprint density at radius 2 is 2.26 bits per heavy atom. The summed E-state index contributed by atoms with van der Waals surface area (Å²) in [4.78, 5) is 26.4. The maximum Gasteiger partial charge on any atom is 0.252 e. The molecule has 2 heterocycles. The Kier molecular flexibility index (Phi) is 4.58. The number of carbonyl (C=O) groups is 2. The third-order valence-corrected chi connectivity index (χ3v) is 4.61. The molecule has 0 saturated carbocycles. The van der Waals surface area contributed by atoms with E-state index in [0.29, 0.717) is 13.0 Å². The normalized spacial score (nSPS) is 15.1. The van der Waals surface area contributed by atoms with Gasteiger partial charge in [0.05, 0.1) is 5.56 Å². The van der Waals surface area contributed by atoms with E-state index in [0.717, 1.165) is 37.1 Å². The molecule has 0 bridgehead atoms. The maximum atomic E-state index is 12.0. The van der Waals surface area contributed by atoms with Gasteiger partial charge in [0, 0.05) is 36.3 Å². The zero-order chi connectivity index (χ0) is 13.8. The van der Waals surface area contributed by atoms with Crippen LogP contribution in [0.1, 0.15) is 40.1 Å². The molecule has 1 aromatic rings. The quantitative estimate of drug-likeness (QED) is 0.840. The van der Waals surface area contributed by atoms with Crippen LogP contribution in [0.2, 0.25) is 0 Å². The van der Waals surface area contributed by atoms with Gasteiger partial charge in [0.25, 0.3) is 5.91 Å². The smallest absolute Gasteiger partial charge is 0.252 e. The van der Waals surface area contributed by atoms with Crippen LogP contribution in [0.15, 0.2) is 5.38 Å². The largest absolute Gasteiger partial charge is 0.352 e. The lowest BCUT2D eigenvalue weighted by molar-refractivity contribution is -0.127. The third-order valence-electron chi connectivity index (χ3n) is 3.59. The lowest BCUT2D eigenvalue weighted by atomic mass is 10.1. The summed E-state index contributed by atoms with van der Waals surface area (Å²) >= 11 is 1.61. The van der Waals surface area contributed by atoms with Crippen molar-refractivity contribution in [3.8, 4) is 0 Å². The van der Waals surface area contributed by atoms with Crippen LogP contribution in [-0.4, -0.2) is 36.3 Å². The highest BCUT2D eigenvalue weighted by molar-refractivity contribution is 7.10. The summed E-state index contributed by atoms with van der Waals surface area (Å²) < 4.78 is 0. The van der Waals surface area contributed by atoms with Crippen LogP contribution in [0.4, 0.5) is 0 Å². The first kappa shape index (κ1) is 14.1. The number of thiophene rings is 1. The molecule has 104 valence electrons. The van der Waals surface area contributed by atoms with Gasteiger partial charge in [-0.25, -0.2) is 0 Å². The van der Waals surface area contributed by atoms with Crippen LogP contribution in [0, 0.1) is 13.8 Å². The Hall–Kier alpha value is -1.36. The summed E-state index contributed by atoms with van der Waals surface area (Å²) in [6.45, 7) is 6.24. The summed E-state index contributed by atoms with van der Waals surface area (Å²) in [6, 6.07) is 0. The number of hydrogen-bond acceptors (Lipinski definition) is 3. The molecule has 0 spiro atoms. The van der Waals surface area contributed by atoms with Crippen LogP contribution in [0.5, 0.6) is 0 Å². The SMILES string of the molecule is Cc1scc(C(=O)NCCCN2CCCC2=O)c1C. The zero-order valence-electron chi connectivity index (χ0n) is 11.5. The number of rotatable bonds is 5. The minimum absolute atomic E-state index is 0.00500. The molecular formula is C14H20N2O2S. The van der Waals surface area contributed by atoms with E-state index < -0.39 is 0 Å². The van der Waals surface area contributed by atoms with E-state index >= 15 is 0 Å². The van der Waals surface area contributed by atoms with Gasteiger partial charge in [0.1, 0.15) is 0 Å². The minimum atomic E-state index is -0.00500. The molecule has 0 radical (unpaired) electrons. The number of nitrogens with one attached hydrogen (secondary N) is 1. The van der Waals surface area contributed by atoms with E-state index in [-0.39, 0.29) is 11.8 Å². The molecule has 19 heavy (non-hydrogen) atoms. The van der Waals surface area contributed by atoms with Gasteiger partial charge >= 0.3 is 0 Å². The van der Waals surface area contributed by atoms with E-state index in [1.807, 2.05) is 24.1 Å². The molecule has 0 aromatic carbocycles. The fraction of sp³-hybridized carbons (Fsp3) is 0.571. The Balaban J connectivity index is 1.72. The number of hydrogen-bond donors (Lipinski definition) is 1. The number of aryl methyl sites for hydroxylation is 1. The van der Waals surface area contributed by atoms with Crippen LogP contribution in [0.25, 0.3) is 0 Å². The third kappa shape index (κ3) is 3.35. The van der Waals surface area contributed by atoms with Crippen molar-refractivity contribution in [2.24, 2.45) is 0 Å². The van der Waals surface area contributed by atoms with Crippen LogP contribution in [0.3, 0.4) is 0 Å². The second-order valence-corrected chi connectivity index (χ2v) is 6.01. The molecule has 1 fully saturated rings. The molecule has 2 rings (SSSR count). The Bertz CT molecular complexity index is 482. The first-order chi connectivity index (χ1) is 9.09. The molecule has 5 heteroatoms. The number of carbonyl (C=O) groups excluding carboxylic acids is 2. The topological polar surface area (TPSA) is 49.4 Å². The Morgan fingerprint density at radius 1 is 1.47 bits per heavy atom. The summed E-state index contributed by atoms with van der Waals surface area (Å²) in [6.07, 6.45) is 2.47. The molecule has 0 aliphatic carbocycles. The van der Waals surface area contributed by atoms with Crippen LogP contribution in [-0.2, 0) is 4.79 Å². The molecule has 2 amide bonds. The highest BCUT2D eigenvalue weighted by Crippen LogP contribution is 2.20. The fourth-order valence-electron chi connectivity index (χ4n) is 2.25. The van der Waals surface area contributed by atoms with Crippen molar-refractivity contribution in [1.82, 2.24) is 10.2 Å². The van der Waals surface area contributed by atoms with E-state index in [1.165, 1.54) is 4.88 Å². The van der Waals surface area contributed by atoms with Gasteiger partial charge in [-0.1, -0.05) is 0 Å². The van der Waals surface area contributed by atoms with Gasteiger partial charge in [-0.15, -0.1) is 11.3 Å². The van der Waals surface area contributed by atoms with Gasteiger partial charge in [-0.2, -0.15) is 0 Å². The number of likely N-dealkylation sites (tertiary alicyclic amines) is 1. The lowest BCUT2D eigenvalue weighted by Gasteiger charge is -2.15. The van der Waals surface area contributed by atoms with Gasteiger partial charge in [0.15, 0.2) is 0 Å². The predicted octanol–water partition coefficient (Wildman–Crippen LogP) is 2.11. The predicted molar refractivity (Wildman–Crippen MR) is 76.6 cm³/mol. The molecule has 1 N–H and O–H groups in total. The van der Waals surface area contributed by atoms with Gasteiger partial charge in [-0.3, -0.25) is 9.59 Å². The maximum absolute atomic E-state index is 12.0. The highest BCUT2D eigenvalue weighted by atomic mass is 32.1. The molecule has 1 aliphatic rings. The van der Waals surface area contributed by atoms with Crippen LogP contribution >= 0.6 is 11.3 Å². The van der Waals surface area contributed by atoms with Crippen molar-refractivity contribution in [2.75, 3.05) is 19.6 Å².